The van der Waals surface area contributed by atoms with Crippen LogP contribution in [0, 0.1) is 6.92 Å². The molecule has 2 aromatic carbocycles. The molecule has 2 N–H and O–H groups in total. The average molecular weight is 397 g/mol. The van der Waals surface area contributed by atoms with Crippen molar-refractivity contribution in [1.82, 2.24) is 10.2 Å². The van der Waals surface area contributed by atoms with Gasteiger partial charge in [0.1, 0.15) is 5.84 Å². The van der Waals surface area contributed by atoms with Gasteiger partial charge in [-0.3, -0.25) is 0 Å². The molecule has 0 aromatic heterocycles. The summed E-state index contributed by atoms with van der Waals surface area (Å²) in [5.74, 6) is 1.09. The maximum absolute atomic E-state index is 5.04. The highest BCUT2D eigenvalue weighted by molar-refractivity contribution is 6.07. The number of rotatable bonds is 1. The van der Waals surface area contributed by atoms with E-state index in [1.807, 2.05) is 26.8 Å². The van der Waals surface area contributed by atoms with E-state index in [0.717, 1.165) is 62.1 Å². The molecule has 0 atom stereocenters. The molecular formula is C24H36N4O. The number of ether oxygens (including phenoxy) is 1. The Morgan fingerprint density at radius 2 is 1.79 bits per heavy atom. The van der Waals surface area contributed by atoms with Crippen LogP contribution >= 0.6 is 0 Å². The second-order valence-electron chi connectivity index (χ2n) is 6.79. The molecule has 0 spiro atoms. The van der Waals surface area contributed by atoms with Gasteiger partial charge in [-0.15, -0.1) is 0 Å². The molecule has 2 aromatic rings. The largest absolute Gasteiger partial charge is 0.385 e. The van der Waals surface area contributed by atoms with E-state index in [1.165, 1.54) is 11.1 Å². The van der Waals surface area contributed by atoms with E-state index < -0.39 is 0 Å². The second kappa shape index (κ2) is 12.2. The zero-order valence-corrected chi connectivity index (χ0v) is 18.6. The Hall–Kier alpha value is -2.37. The first-order valence-electron chi connectivity index (χ1n) is 10.7. The average Bonchev–Trinajstić information content (AvgIpc) is 3.13. The van der Waals surface area contributed by atoms with Gasteiger partial charge in [-0.2, -0.15) is 0 Å². The van der Waals surface area contributed by atoms with Crippen molar-refractivity contribution in [3.63, 3.8) is 0 Å². The number of anilines is 2. The van der Waals surface area contributed by atoms with E-state index >= 15 is 0 Å². The SMILES string of the molecule is CC.CCOC.Cc1ccc2c(c1)C(N1CCCNCC1)=Nc1ccccc1N2. The number of nitrogens with one attached hydrogen (secondary N) is 2. The highest BCUT2D eigenvalue weighted by Gasteiger charge is 2.22. The van der Waals surface area contributed by atoms with E-state index in [1.54, 1.807) is 7.11 Å². The summed E-state index contributed by atoms with van der Waals surface area (Å²) in [6.07, 6.45) is 1.15. The topological polar surface area (TPSA) is 48.9 Å². The van der Waals surface area contributed by atoms with Crippen molar-refractivity contribution in [2.45, 2.75) is 34.1 Å². The van der Waals surface area contributed by atoms with Crippen LogP contribution in [0.15, 0.2) is 47.5 Å². The summed E-state index contributed by atoms with van der Waals surface area (Å²) < 4.78 is 4.54. The molecule has 0 amide bonds. The fourth-order valence-corrected chi connectivity index (χ4v) is 3.25. The third-order valence-electron chi connectivity index (χ3n) is 4.74. The predicted octanol–water partition coefficient (Wildman–Crippen LogP) is 5.10. The fraction of sp³-hybridized carbons (Fsp3) is 0.458. The van der Waals surface area contributed by atoms with Crippen LogP contribution in [0.25, 0.3) is 0 Å². The van der Waals surface area contributed by atoms with Crippen LogP contribution in [0.3, 0.4) is 0 Å². The summed E-state index contributed by atoms with van der Waals surface area (Å²) in [6, 6.07) is 14.8. The first-order valence-corrected chi connectivity index (χ1v) is 10.7. The zero-order chi connectivity index (χ0) is 21.1. The van der Waals surface area contributed by atoms with E-state index in [9.17, 15) is 0 Å². The van der Waals surface area contributed by atoms with Crippen LogP contribution in [0.4, 0.5) is 17.1 Å². The Balaban J connectivity index is 0.000000449. The molecule has 5 nitrogen and oxygen atoms in total. The lowest BCUT2D eigenvalue weighted by atomic mass is 10.1. The van der Waals surface area contributed by atoms with Crippen molar-refractivity contribution in [1.29, 1.82) is 0 Å². The Morgan fingerprint density at radius 1 is 1.03 bits per heavy atom. The zero-order valence-electron chi connectivity index (χ0n) is 18.6. The van der Waals surface area contributed by atoms with Gasteiger partial charge in [0.15, 0.2) is 0 Å². The molecule has 0 radical (unpaired) electrons. The quantitative estimate of drug-likeness (QED) is 0.704. The molecule has 158 valence electrons. The molecule has 2 heterocycles. The number of hydrogen-bond acceptors (Lipinski definition) is 5. The molecule has 2 aliphatic rings. The van der Waals surface area contributed by atoms with Crippen molar-refractivity contribution in [2.75, 3.05) is 45.2 Å². The Labute approximate surface area is 176 Å². The van der Waals surface area contributed by atoms with Gasteiger partial charge in [0.05, 0.1) is 11.4 Å². The predicted molar refractivity (Wildman–Crippen MR) is 125 cm³/mol. The molecule has 0 bridgehead atoms. The summed E-state index contributed by atoms with van der Waals surface area (Å²) in [6.45, 7) is 13.0. The molecule has 1 saturated heterocycles. The number of methoxy groups -OCH3 is 1. The van der Waals surface area contributed by atoms with Crippen molar-refractivity contribution in [3.8, 4) is 0 Å². The molecule has 29 heavy (non-hydrogen) atoms. The van der Waals surface area contributed by atoms with Gasteiger partial charge in [-0.25, -0.2) is 4.99 Å². The van der Waals surface area contributed by atoms with Crippen LogP contribution in [-0.2, 0) is 4.74 Å². The minimum Gasteiger partial charge on any atom is -0.385 e. The number of nitrogens with zero attached hydrogens (tertiary/aromatic N) is 2. The highest BCUT2D eigenvalue weighted by atomic mass is 16.5. The second-order valence-corrected chi connectivity index (χ2v) is 6.79. The standard InChI is InChI=1S/C19H22N4.C3H8O.C2H6/c1-14-7-8-16-15(13-14)19(23-11-4-9-20-10-12-23)22-18-6-3-2-5-17(18)21-16;1-3-4-2;1-2/h2-3,5-8,13,20-21H,4,9-12H2,1H3;3H2,1-2H3;1-2H3. The number of aryl methyl sites for hydroxylation is 1. The lowest BCUT2D eigenvalue weighted by molar-refractivity contribution is 0.215. The van der Waals surface area contributed by atoms with Gasteiger partial charge in [-0.05, 0) is 51.1 Å². The van der Waals surface area contributed by atoms with Crippen molar-refractivity contribution >= 4 is 22.9 Å². The van der Waals surface area contributed by atoms with Gasteiger partial charge in [0.25, 0.3) is 0 Å². The van der Waals surface area contributed by atoms with Crippen LogP contribution in [0.2, 0.25) is 0 Å². The first-order chi connectivity index (χ1) is 14.2. The smallest absolute Gasteiger partial charge is 0.138 e. The van der Waals surface area contributed by atoms with Crippen molar-refractivity contribution < 1.29 is 4.74 Å². The molecule has 0 saturated carbocycles. The van der Waals surface area contributed by atoms with E-state index in [2.05, 4.69) is 63.6 Å². The Morgan fingerprint density at radius 3 is 2.55 bits per heavy atom. The Bertz CT molecular complexity index is 778. The minimum atomic E-state index is 0.819. The van der Waals surface area contributed by atoms with Gasteiger partial charge in [-0.1, -0.05) is 37.6 Å². The molecule has 2 aliphatic heterocycles. The van der Waals surface area contributed by atoms with Gasteiger partial charge in [0.2, 0.25) is 0 Å². The van der Waals surface area contributed by atoms with Crippen LogP contribution < -0.4 is 10.6 Å². The van der Waals surface area contributed by atoms with Crippen molar-refractivity contribution in [2.24, 2.45) is 4.99 Å². The minimum absolute atomic E-state index is 0.819. The van der Waals surface area contributed by atoms with Crippen LogP contribution in [-0.4, -0.2) is 50.6 Å². The maximum atomic E-state index is 5.04. The number of hydrogen-bond donors (Lipinski definition) is 2. The number of para-hydroxylation sites is 2. The highest BCUT2D eigenvalue weighted by Crippen LogP contribution is 2.35. The first kappa shape index (κ1) is 22.9. The number of benzene rings is 2. The van der Waals surface area contributed by atoms with E-state index in [-0.39, 0.29) is 0 Å². The summed E-state index contributed by atoms with van der Waals surface area (Å²) in [4.78, 5) is 7.46. The third-order valence-corrected chi connectivity index (χ3v) is 4.74. The normalized spacial score (nSPS) is 14.9. The van der Waals surface area contributed by atoms with Gasteiger partial charge >= 0.3 is 0 Å². The molecular weight excluding hydrogens is 360 g/mol. The maximum Gasteiger partial charge on any atom is 0.138 e. The van der Waals surface area contributed by atoms with Gasteiger partial charge < -0.3 is 20.3 Å². The molecule has 0 aliphatic carbocycles. The summed E-state index contributed by atoms with van der Waals surface area (Å²) >= 11 is 0. The number of amidine groups is 1. The molecule has 1 fully saturated rings. The van der Waals surface area contributed by atoms with E-state index in [0.29, 0.717) is 0 Å². The monoisotopic (exact) mass is 396 g/mol. The summed E-state index contributed by atoms with van der Waals surface area (Å²) in [5.41, 5.74) is 5.67. The summed E-state index contributed by atoms with van der Waals surface area (Å²) in [5, 5.41) is 7.03. The summed E-state index contributed by atoms with van der Waals surface area (Å²) in [7, 11) is 1.68. The Kier molecular flexibility index (Phi) is 9.68. The van der Waals surface area contributed by atoms with Gasteiger partial charge in [0, 0.05) is 44.6 Å². The fourth-order valence-electron chi connectivity index (χ4n) is 3.25. The van der Waals surface area contributed by atoms with Crippen molar-refractivity contribution in [3.05, 3.63) is 53.6 Å². The lowest BCUT2D eigenvalue weighted by Crippen LogP contribution is -2.35. The molecule has 5 heteroatoms. The van der Waals surface area contributed by atoms with E-state index in [4.69, 9.17) is 4.99 Å². The lowest BCUT2D eigenvalue weighted by Gasteiger charge is -2.25. The third kappa shape index (κ3) is 6.31. The molecule has 4 rings (SSSR count). The number of fused-ring (bicyclic) bond motifs is 2. The number of aliphatic imine (C=N–C) groups is 1. The van der Waals surface area contributed by atoms with Crippen LogP contribution in [0.5, 0.6) is 0 Å². The molecule has 0 unspecified atom stereocenters. The van der Waals surface area contributed by atoms with Crippen LogP contribution in [0.1, 0.15) is 38.3 Å².